The van der Waals surface area contributed by atoms with Crippen LogP contribution in [-0.4, -0.2) is 21.9 Å². The average Bonchev–Trinajstić information content (AvgIpc) is 2.68. The van der Waals surface area contributed by atoms with Gasteiger partial charge in [-0.05, 0) is 49.6 Å². The van der Waals surface area contributed by atoms with Crippen molar-refractivity contribution >= 4 is 23.4 Å². The molecule has 1 N–H and O–H groups in total. The van der Waals surface area contributed by atoms with Crippen LogP contribution in [0.1, 0.15) is 21.7 Å². The number of thioether (sulfide) groups is 1. The summed E-state index contributed by atoms with van der Waals surface area (Å²) in [6.07, 6.45) is -2.71. The monoisotopic (exact) mass is 419 g/mol. The van der Waals surface area contributed by atoms with E-state index in [1.165, 1.54) is 36.9 Å². The lowest BCUT2D eigenvalue weighted by Crippen LogP contribution is -2.27. The minimum Gasteiger partial charge on any atom is -0.320 e. The molecule has 0 atom stereocenters. The molecule has 0 saturated carbocycles. The number of nitrogens with one attached hydrogen (secondary N) is 1. The summed E-state index contributed by atoms with van der Waals surface area (Å²) in [4.78, 5) is 25.8. The highest BCUT2D eigenvalue weighted by molar-refractivity contribution is 7.98. The fourth-order valence-electron chi connectivity index (χ4n) is 2.71. The number of anilines is 1. The number of halogens is 3. The van der Waals surface area contributed by atoms with Crippen molar-refractivity contribution in [2.45, 2.75) is 18.0 Å². The number of alkyl halides is 3. The van der Waals surface area contributed by atoms with Crippen LogP contribution in [0.25, 0.3) is 5.69 Å². The lowest BCUT2D eigenvalue weighted by atomic mass is 10.1. The molecule has 0 unspecified atom stereocenters. The number of benzene rings is 2. The Morgan fingerprint density at radius 1 is 1.10 bits per heavy atom. The quantitative estimate of drug-likeness (QED) is 0.631. The molecule has 0 aliphatic heterocycles. The van der Waals surface area contributed by atoms with Crippen LogP contribution in [0.3, 0.4) is 0 Å². The molecule has 150 valence electrons. The van der Waals surface area contributed by atoms with Crippen LogP contribution in [-0.2, 0) is 6.18 Å². The minimum absolute atomic E-state index is 0.174. The zero-order chi connectivity index (χ0) is 21.2. The summed E-state index contributed by atoms with van der Waals surface area (Å²) >= 11 is 1.53. The third kappa shape index (κ3) is 4.51. The number of carbonyl (C=O) groups is 1. The lowest BCUT2D eigenvalue weighted by molar-refractivity contribution is -0.137. The Balaban J connectivity index is 2.02. The highest BCUT2D eigenvalue weighted by atomic mass is 32.2. The first-order valence-electron chi connectivity index (χ1n) is 8.43. The predicted molar refractivity (Wildman–Crippen MR) is 106 cm³/mol. The summed E-state index contributed by atoms with van der Waals surface area (Å²) in [5, 5.41) is 6.48. The van der Waals surface area contributed by atoms with E-state index < -0.39 is 28.8 Å². The molecule has 1 aromatic heterocycles. The van der Waals surface area contributed by atoms with Gasteiger partial charge >= 0.3 is 6.18 Å². The second-order valence-electron chi connectivity index (χ2n) is 6.11. The first-order valence-corrected chi connectivity index (χ1v) is 9.66. The standard InChI is InChI=1S/C20H16F3N3O2S/c1-12-11-17(27)18(19(28)24-13-7-9-14(29-2)10-8-13)25-26(12)16-6-4-3-5-15(16)20(21,22)23/h3-11H,1-2H3,(H,24,28). The van der Waals surface area contributed by atoms with Gasteiger partial charge in [0.15, 0.2) is 5.69 Å². The van der Waals surface area contributed by atoms with Gasteiger partial charge in [0.25, 0.3) is 5.91 Å². The first-order chi connectivity index (χ1) is 13.7. The molecule has 29 heavy (non-hydrogen) atoms. The highest BCUT2D eigenvalue weighted by Crippen LogP contribution is 2.33. The molecule has 1 amide bonds. The van der Waals surface area contributed by atoms with Crippen LogP contribution in [0, 0.1) is 6.92 Å². The van der Waals surface area contributed by atoms with Gasteiger partial charge in [0.2, 0.25) is 5.43 Å². The average molecular weight is 419 g/mol. The third-order valence-corrected chi connectivity index (χ3v) is 4.85. The van der Waals surface area contributed by atoms with Crippen molar-refractivity contribution in [2.75, 3.05) is 11.6 Å². The van der Waals surface area contributed by atoms with E-state index in [1.807, 2.05) is 6.26 Å². The zero-order valence-corrected chi connectivity index (χ0v) is 16.3. The molecule has 0 aliphatic rings. The van der Waals surface area contributed by atoms with Crippen molar-refractivity contribution in [2.24, 2.45) is 0 Å². The maximum Gasteiger partial charge on any atom is 0.418 e. The van der Waals surface area contributed by atoms with Gasteiger partial charge in [-0.25, -0.2) is 4.68 Å². The fourth-order valence-corrected chi connectivity index (χ4v) is 3.12. The van der Waals surface area contributed by atoms with Gasteiger partial charge in [-0.3, -0.25) is 9.59 Å². The minimum atomic E-state index is -4.62. The Bertz CT molecular complexity index is 1110. The second kappa shape index (κ2) is 8.12. The van der Waals surface area contributed by atoms with E-state index in [0.717, 1.165) is 21.7 Å². The number of nitrogens with zero attached hydrogens (tertiary/aromatic N) is 2. The Morgan fingerprint density at radius 2 is 1.76 bits per heavy atom. The van der Waals surface area contributed by atoms with E-state index in [1.54, 1.807) is 24.3 Å². The fraction of sp³-hybridized carbons (Fsp3) is 0.150. The molecule has 0 aliphatic carbocycles. The predicted octanol–water partition coefficient (Wildman–Crippen LogP) is 4.53. The largest absolute Gasteiger partial charge is 0.418 e. The number of carbonyl (C=O) groups excluding carboxylic acids is 1. The number of aromatic nitrogens is 2. The number of hydrogen-bond acceptors (Lipinski definition) is 4. The van der Waals surface area contributed by atoms with E-state index in [2.05, 4.69) is 10.4 Å². The van der Waals surface area contributed by atoms with Gasteiger partial charge in [0.1, 0.15) is 0 Å². The van der Waals surface area contributed by atoms with E-state index in [9.17, 15) is 22.8 Å². The molecule has 0 spiro atoms. The van der Waals surface area contributed by atoms with E-state index in [-0.39, 0.29) is 11.4 Å². The van der Waals surface area contributed by atoms with Crippen molar-refractivity contribution in [1.82, 2.24) is 9.78 Å². The molecular formula is C20H16F3N3O2S. The molecule has 9 heteroatoms. The van der Waals surface area contributed by atoms with Gasteiger partial charge < -0.3 is 5.32 Å². The zero-order valence-electron chi connectivity index (χ0n) is 15.4. The van der Waals surface area contributed by atoms with E-state index in [4.69, 9.17) is 0 Å². The van der Waals surface area contributed by atoms with Crippen LogP contribution in [0.2, 0.25) is 0 Å². The molecule has 3 aromatic rings. The Kier molecular flexibility index (Phi) is 5.78. The topological polar surface area (TPSA) is 64.0 Å². The molecule has 3 rings (SSSR count). The summed E-state index contributed by atoms with van der Waals surface area (Å²) in [7, 11) is 0. The number of hydrogen-bond donors (Lipinski definition) is 1. The van der Waals surface area contributed by atoms with E-state index >= 15 is 0 Å². The van der Waals surface area contributed by atoms with Crippen LogP contribution >= 0.6 is 11.8 Å². The molecule has 0 fully saturated rings. The normalized spacial score (nSPS) is 11.3. The van der Waals surface area contributed by atoms with Crippen molar-refractivity contribution in [1.29, 1.82) is 0 Å². The molecule has 0 saturated heterocycles. The number of para-hydroxylation sites is 1. The maximum atomic E-state index is 13.4. The molecule has 0 radical (unpaired) electrons. The first kappa shape index (κ1) is 20.7. The molecule has 1 heterocycles. The van der Waals surface area contributed by atoms with E-state index in [0.29, 0.717) is 5.69 Å². The van der Waals surface area contributed by atoms with Gasteiger partial charge in [0.05, 0.1) is 11.3 Å². The summed E-state index contributed by atoms with van der Waals surface area (Å²) in [6, 6.07) is 12.8. The summed E-state index contributed by atoms with van der Waals surface area (Å²) < 4.78 is 41.1. The van der Waals surface area contributed by atoms with Gasteiger partial charge in [-0.2, -0.15) is 18.3 Å². The van der Waals surface area contributed by atoms with Crippen LogP contribution in [0.15, 0.2) is 64.3 Å². The smallest absolute Gasteiger partial charge is 0.320 e. The van der Waals surface area contributed by atoms with Gasteiger partial charge in [-0.1, -0.05) is 12.1 Å². The Hall–Kier alpha value is -3.07. The second-order valence-corrected chi connectivity index (χ2v) is 6.99. The maximum absolute atomic E-state index is 13.4. The van der Waals surface area contributed by atoms with Crippen molar-refractivity contribution < 1.29 is 18.0 Å². The molecular weight excluding hydrogens is 403 g/mol. The number of rotatable bonds is 4. The summed E-state index contributed by atoms with van der Waals surface area (Å²) in [5.74, 6) is -0.801. The number of amides is 1. The highest BCUT2D eigenvalue weighted by Gasteiger charge is 2.34. The van der Waals surface area contributed by atoms with Crippen LogP contribution < -0.4 is 10.7 Å². The number of aryl methyl sites for hydroxylation is 1. The lowest BCUT2D eigenvalue weighted by Gasteiger charge is -2.16. The molecule has 5 nitrogen and oxygen atoms in total. The van der Waals surface area contributed by atoms with Gasteiger partial charge in [-0.15, -0.1) is 11.8 Å². The van der Waals surface area contributed by atoms with Crippen molar-refractivity contribution in [3.05, 3.63) is 81.8 Å². The Morgan fingerprint density at radius 3 is 2.38 bits per heavy atom. The SMILES string of the molecule is CSc1ccc(NC(=O)c2nn(-c3ccccc3C(F)(F)F)c(C)cc2=O)cc1. The Labute approximate surface area is 168 Å². The molecule has 0 bridgehead atoms. The third-order valence-electron chi connectivity index (χ3n) is 4.11. The van der Waals surface area contributed by atoms with Crippen molar-refractivity contribution in [3.63, 3.8) is 0 Å². The summed E-state index contributed by atoms with van der Waals surface area (Å²) in [5.41, 5.74) is -1.75. The molecule has 2 aromatic carbocycles. The summed E-state index contributed by atoms with van der Waals surface area (Å²) in [6.45, 7) is 1.45. The van der Waals surface area contributed by atoms with Gasteiger partial charge in [0, 0.05) is 22.3 Å². The van der Waals surface area contributed by atoms with Crippen LogP contribution in [0.4, 0.5) is 18.9 Å². The van der Waals surface area contributed by atoms with Crippen molar-refractivity contribution in [3.8, 4) is 5.69 Å². The van der Waals surface area contributed by atoms with Crippen LogP contribution in [0.5, 0.6) is 0 Å².